The highest BCUT2D eigenvalue weighted by atomic mass is 35.5. The third kappa shape index (κ3) is 5.15. The van der Waals surface area contributed by atoms with Crippen molar-refractivity contribution in [2.75, 3.05) is 23.4 Å². The molecule has 0 bridgehead atoms. The second kappa shape index (κ2) is 8.66. The average molecular weight is 415 g/mol. The molecule has 1 N–H and O–H groups in total. The third-order valence-electron chi connectivity index (χ3n) is 4.78. The van der Waals surface area contributed by atoms with Crippen LogP contribution in [0, 0.1) is 26.7 Å². The summed E-state index contributed by atoms with van der Waals surface area (Å²) in [7, 11) is 0. The molecule has 1 saturated heterocycles. The van der Waals surface area contributed by atoms with Crippen molar-refractivity contribution in [3.63, 3.8) is 0 Å². The Bertz CT molecular complexity index is 953. The number of rotatable bonds is 5. The first-order valence-electron chi connectivity index (χ1n) is 9.34. The van der Waals surface area contributed by atoms with Gasteiger partial charge in [-0.3, -0.25) is 14.4 Å². The molecule has 0 unspecified atom stereocenters. The predicted octanol–water partition coefficient (Wildman–Crippen LogP) is 3.80. The number of esters is 1. The lowest BCUT2D eigenvalue weighted by molar-refractivity contribution is -0.151. The minimum absolute atomic E-state index is 0.0447. The number of aryl methyl sites for hydroxylation is 3. The predicted molar refractivity (Wildman–Crippen MR) is 112 cm³/mol. The van der Waals surface area contributed by atoms with Crippen molar-refractivity contribution in [2.45, 2.75) is 27.2 Å². The largest absolute Gasteiger partial charge is 0.455 e. The number of carbonyl (C=O) groups is 3. The number of ether oxygens (including phenoxy) is 1. The van der Waals surface area contributed by atoms with E-state index in [1.54, 1.807) is 12.1 Å². The van der Waals surface area contributed by atoms with E-state index in [4.69, 9.17) is 16.3 Å². The Balaban J connectivity index is 1.55. The normalized spacial score (nSPS) is 16.1. The van der Waals surface area contributed by atoms with Crippen LogP contribution in [0.1, 0.15) is 23.1 Å². The summed E-state index contributed by atoms with van der Waals surface area (Å²) >= 11 is 6.14. The summed E-state index contributed by atoms with van der Waals surface area (Å²) in [5.41, 5.74) is 4.26. The zero-order chi connectivity index (χ0) is 21.1. The van der Waals surface area contributed by atoms with Crippen molar-refractivity contribution >= 4 is 40.8 Å². The molecule has 1 aliphatic heterocycles. The van der Waals surface area contributed by atoms with E-state index in [9.17, 15) is 14.4 Å². The van der Waals surface area contributed by atoms with Crippen LogP contribution >= 0.6 is 11.6 Å². The Morgan fingerprint density at radius 2 is 1.83 bits per heavy atom. The Hall–Kier alpha value is -2.86. The second-order valence-electron chi connectivity index (χ2n) is 7.37. The molecular weight excluding hydrogens is 392 g/mol. The van der Waals surface area contributed by atoms with Gasteiger partial charge in [-0.15, -0.1) is 0 Å². The molecule has 6 nitrogen and oxygen atoms in total. The Morgan fingerprint density at radius 1 is 1.14 bits per heavy atom. The van der Waals surface area contributed by atoms with E-state index < -0.39 is 24.4 Å². The topological polar surface area (TPSA) is 75.7 Å². The van der Waals surface area contributed by atoms with Gasteiger partial charge in [0.2, 0.25) is 5.91 Å². The molecule has 152 valence electrons. The Labute approximate surface area is 174 Å². The molecule has 0 aromatic heterocycles. The molecular formula is C22H23ClN2O4. The van der Waals surface area contributed by atoms with Crippen LogP contribution in [0.4, 0.5) is 11.4 Å². The van der Waals surface area contributed by atoms with Crippen molar-refractivity contribution in [2.24, 2.45) is 5.92 Å². The SMILES string of the molecule is Cc1cc(C)cc(NC(=O)COC(=O)[C@H]2CC(=O)N(c3ccc(C)c(Cl)c3)C2)c1. The number of hydrogen-bond donors (Lipinski definition) is 1. The number of nitrogens with one attached hydrogen (secondary N) is 1. The lowest BCUT2D eigenvalue weighted by Gasteiger charge is -2.17. The van der Waals surface area contributed by atoms with Gasteiger partial charge in [-0.05, 0) is 61.7 Å². The molecule has 0 aliphatic carbocycles. The van der Waals surface area contributed by atoms with Gasteiger partial charge in [-0.1, -0.05) is 23.7 Å². The fraction of sp³-hybridized carbons (Fsp3) is 0.318. The van der Waals surface area contributed by atoms with Crippen LogP contribution in [0.3, 0.4) is 0 Å². The number of anilines is 2. The number of carbonyl (C=O) groups excluding carboxylic acids is 3. The lowest BCUT2D eigenvalue weighted by atomic mass is 10.1. The summed E-state index contributed by atoms with van der Waals surface area (Å²) in [6.45, 7) is 5.56. The van der Waals surface area contributed by atoms with Gasteiger partial charge in [-0.25, -0.2) is 0 Å². The summed E-state index contributed by atoms with van der Waals surface area (Å²) < 4.78 is 5.14. The highest BCUT2D eigenvalue weighted by molar-refractivity contribution is 6.31. The zero-order valence-electron chi connectivity index (χ0n) is 16.6. The number of amides is 2. The lowest BCUT2D eigenvalue weighted by Crippen LogP contribution is -2.28. The smallest absolute Gasteiger partial charge is 0.311 e. The van der Waals surface area contributed by atoms with Crippen LogP contribution in [-0.4, -0.2) is 30.9 Å². The van der Waals surface area contributed by atoms with Gasteiger partial charge < -0.3 is 15.0 Å². The quantitative estimate of drug-likeness (QED) is 0.755. The number of benzene rings is 2. The van der Waals surface area contributed by atoms with Gasteiger partial charge >= 0.3 is 5.97 Å². The van der Waals surface area contributed by atoms with Crippen molar-refractivity contribution in [1.29, 1.82) is 0 Å². The monoisotopic (exact) mass is 414 g/mol. The van der Waals surface area contributed by atoms with E-state index in [-0.39, 0.29) is 18.9 Å². The molecule has 1 heterocycles. The van der Waals surface area contributed by atoms with Gasteiger partial charge in [0.15, 0.2) is 6.61 Å². The number of nitrogens with zero attached hydrogens (tertiary/aromatic N) is 1. The van der Waals surface area contributed by atoms with Crippen LogP contribution in [-0.2, 0) is 19.1 Å². The maximum Gasteiger partial charge on any atom is 0.311 e. The van der Waals surface area contributed by atoms with E-state index in [1.165, 1.54) is 4.90 Å². The first-order chi connectivity index (χ1) is 13.7. The van der Waals surface area contributed by atoms with Crippen LogP contribution in [0.15, 0.2) is 36.4 Å². The summed E-state index contributed by atoms with van der Waals surface area (Å²) in [5.74, 6) is -1.77. The van der Waals surface area contributed by atoms with E-state index in [1.807, 2.05) is 45.0 Å². The van der Waals surface area contributed by atoms with Crippen molar-refractivity contribution in [3.8, 4) is 0 Å². The molecule has 2 aromatic rings. The average Bonchev–Trinajstić information content (AvgIpc) is 3.03. The summed E-state index contributed by atoms with van der Waals surface area (Å²) in [5, 5.41) is 3.28. The number of halogens is 1. The maximum absolute atomic E-state index is 12.3. The van der Waals surface area contributed by atoms with Crippen molar-refractivity contribution in [1.82, 2.24) is 0 Å². The summed E-state index contributed by atoms with van der Waals surface area (Å²) in [6, 6.07) is 11.0. The van der Waals surface area contributed by atoms with Gasteiger partial charge in [0, 0.05) is 29.4 Å². The molecule has 0 radical (unpaired) electrons. The highest BCUT2D eigenvalue weighted by Gasteiger charge is 2.36. The molecule has 1 fully saturated rings. The molecule has 3 rings (SSSR count). The van der Waals surface area contributed by atoms with Crippen LogP contribution in [0.5, 0.6) is 0 Å². The molecule has 2 amide bonds. The fourth-order valence-corrected chi connectivity index (χ4v) is 3.54. The maximum atomic E-state index is 12.3. The van der Waals surface area contributed by atoms with Gasteiger partial charge in [-0.2, -0.15) is 0 Å². The van der Waals surface area contributed by atoms with E-state index in [0.717, 1.165) is 16.7 Å². The van der Waals surface area contributed by atoms with Crippen molar-refractivity contribution < 1.29 is 19.1 Å². The van der Waals surface area contributed by atoms with Crippen LogP contribution in [0.2, 0.25) is 5.02 Å². The molecule has 29 heavy (non-hydrogen) atoms. The van der Waals surface area contributed by atoms with Gasteiger partial charge in [0.05, 0.1) is 5.92 Å². The molecule has 0 spiro atoms. The fourth-order valence-electron chi connectivity index (χ4n) is 3.36. The van der Waals surface area contributed by atoms with Gasteiger partial charge in [0.25, 0.3) is 5.91 Å². The zero-order valence-corrected chi connectivity index (χ0v) is 17.4. The Morgan fingerprint density at radius 3 is 2.48 bits per heavy atom. The molecule has 0 saturated carbocycles. The highest BCUT2D eigenvalue weighted by Crippen LogP contribution is 2.29. The minimum Gasteiger partial charge on any atom is -0.455 e. The van der Waals surface area contributed by atoms with Crippen LogP contribution < -0.4 is 10.2 Å². The minimum atomic E-state index is -0.614. The number of hydrogen-bond acceptors (Lipinski definition) is 4. The molecule has 7 heteroatoms. The third-order valence-corrected chi connectivity index (χ3v) is 5.18. The standard InChI is InChI=1S/C22H23ClN2O4/c1-13-6-14(2)8-17(7-13)24-20(26)12-29-22(28)16-9-21(27)25(11-16)18-5-4-15(3)19(23)10-18/h4-8,10,16H,9,11-12H2,1-3H3,(H,24,26)/t16-/m0/s1. The van der Waals surface area contributed by atoms with E-state index >= 15 is 0 Å². The molecule has 1 atom stereocenters. The molecule has 2 aromatic carbocycles. The summed E-state index contributed by atoms with van der Waals surface area (Å²) in [6.07, 6.45) is 0.0447. The Kier molecular flexibility index (Phi) is 6.23. The first kappa shape index (κ1) is 20.9. The molecule has 1 aliphatic rings. The van der Waals surface area contributed by atoms with E-state index in [2.05, 4.69) is 5.32 Å². The van der Waals surface area contributed by atoms with Crippen LogP contribution in [0.25, 0.3) is 0 Å². The second-order valence-corrected chi connectivity index (χ2v) is 7.78. The van der Waals surface area contributed by atoms with Gasteiger partial charge in [0.1, 0.15) is 0 Å². The van der Waals surface area contributed by atoms with E-state index in [0.29, 0.717) is 16.4 Å². The first-order valence-corrected chi connectivity index (χ1v) is 9.72. The summed E-state index contributed by atoms with van der Waals surface area (Å²) in [4.78, 5) is 38.3. The van der Waals surface area contributed by atoms with Crippen molar-refractivity contribution in [3.05, 3.63) is 58.1 Å².